The Hall–Kier alpha value is -1.81. The summed E-state index contributed by atoms with van der Waals surface area (Å²) in [5.74, 6) is 1.19. The van der Waals surface area contributed by atoms with Crippen LogP contribution in [0.25, 0.3) is 11.1 Å². The Morgan fingerprint density at radius 2 is 2.05 bits per heavy atom. The number of nitrogens with zero attached hydrogens (tertiary/aromatic N) is 2. The Bertz CT molecular complexity index is 612. The van der Waals surface area contributed by atoms with E-state index < -0.39 is 0 Å². The predicted octanol–water partition coefficient (Wildman–Crippen LogP) is 2.87. The lowest BCUT2D eigenvalue weighted by Gasteiger charge is -2.21. The van der Waals surface area contributed by atoms with Gasteiger partial charge in [-0.25, -0.2) is 0 Å². The number of nitrogens with two attached hydrogens (primary N) is 1. The van der Waals surface area contributed by atoms with E-state index >= 15 is 0 Å². The number of aromatic nitrogens is 2. The van der Waals surface area contributed by atoms with Crippen molar-refractivity contribution >= 4 is 5.82 Å². The molecule has 1 aromatic carbocycles. The molecule has 0 saturated carbocycles. The average molecular weight is 271 g/mol. The van der Waals surface area contributed by atoms with Crippen LogP contribution >= 0.6 is 0 Å². The number of aryl methyl sites for hydroxylation is 2. The first-order valence-corrected chi connectivity index (χ1v) is 7.14. The van der Waals surface area contributed by atoms with Gasteiger partial charge in [0.1, 0.15) is 5.82 Å². The van der Waals surface area contributed by atoms with Crippen molar-refractivity contribution in [2.24, 2.45) is 7.05 Å². The number of anilines is 1. The van der Waals surface area contributed by atoms with Gasteiger partial charge >= 0.3 is 0 Å². The molecule has 1 saturated heterocycles. The maximum absolute atomic E-state index is 6.26. The number of benzene rings is 1. The number of nitrogen functional groups attached to an aromatic ring is 1. The molecule has 0 bridgehead atoms. The molecule has 0 amide bonds. The normalized spacial score (nSPS) is 16.5. The first kappa shape index (κ1) is 13.2. The highest BCUT2D eigenvalue weighted by Crippen LogP contribution is 2.37. The van der Waals surface area contributed by atoms with E-state index in [9.17, 15) is 0 Å². The monoisotopic (exact) mass is 271 g/mol. The molecule has 0 aliphatic carbocycles. The van der Waals surface area contributed by atoms with Crippen LogP contribution in [0.15, 0.2) is 24.3 Å². The Kier molecular flexibility index (Phi) is 3.49. The summed E-state index contributed by atoms with van der Waals surface area (Å²) in [6.45, 7) is 3.73. The number of ether oxygens (including phenoxy) is 1. The molecule has 0 spiro atoms. The van der Waals surface area contributed by atoms with E-state index in [1.807, 2.05) is 7.05 Å². The number of hydrogen-bond donors (Lipinski definition) is 1. The summed E-state index contributed by atoms with van der Waals surface area (Å²) in [7, 11) is 1.91. The molecule has 20 heavy (non-hydrogen) atoms. The highest BCUT2D eigenvalue weighted by atomic mass is 16.5. The summed E-state index contributed by atoms with van der Waals surface area (Å²) in [5, 5.41) is 4.68. The third kappa shape index (κ3) is 2.31. The second kappa shape index (κ2) is 5.29. The van der Waals surface area contributed by atoms with Crippen LogP contribution < -0.4 is 5.73 Å². The topological polar surface area (TPSA) is 53.1 Å². The molecular weight excluding hydrogens is 250 g/mol. The van der Waals surface area contributed by atoms with Gasteiger partial charge < -0.3 is 10.5 Å². The molecule has 2 N–H and O–H groups in total. The van der Waals surface area contributed by atoms with Gasteiger partial charge in [0.2, 0.25) is 0 Å². The molecule has 1 aromatic heterocycles. The SMILES string of the molecule is Cc1cccc(-c2c(C3CCOCC3)nn(C)c2N)c1. The van der Waals surface area contributed by atoms with E-state index in [4.69, 9.17) is 10.5 Å². The zero-order chi connectivity index (χ0) is 14.1. The van der Waals surface area contributed by atoms with Crippen LogP contribution in [0.3, 0.4) is 0 Å². The summed E-state index contributed by atoms with van der Waals surface area (Å²) >= 11 is 0. The van der Waals surface area contributed by atoms with E-state index in [0.29, 0.717) is 5.92 Å². The molecule has 3 rings (SSSR count). The van der Waals surface area contributed by atoms with Crippen LogP contribution in [0.1, 0.15) is 30.0 Å². The minimum absolute atomic E-state index is 0.447. The van der Waals surface area contributed by atoms with E-state index in [1.54, 1.807) is 4.68 Å². The number of rotatable bonds is 2. The van der Waals surface area contributed by atoms with Gasteiger partial charge in [-0.05, 0) is 25.3 Å². The van der Waals surface area contributed by atoms with Crippen molar-refractivity contribution in [3.8, 4) is 11.1 Å². The molecule has 4 nitrogen and oxygen atoms in total. The van der Waals surface area contributed by atoms with Gasteiger partial charge in [-0.15, -0.1) is 0 Å². The molecule has 2 aromatic rings. The van der Waals surface area contributed by atoms with Gasteiger partial charge in [0.15, 0.2) is 0 Å². The second-order valence-electron chi connectivity index (χ2n) is 5.53. The highest BCUT2D eigenvalue weighted by Gasteiger charge is 2.25. The Labute approximate surface area is 119 Å². The quantitative estimate of drug-likeness (QED) is 0.913. The van der Waals surface area contributed by atoms with Crippen molar-refractivity contribution in [2.45, 2.75) is 25.7 Å². The lowest BCUT2D eigenvalue weighted by molar-refractivity contribution is 0.0845. The van der Waals surface area contributed by atoms with Gasteiger partial charge in [-0.2, -0.15) is 5.10 Å². The Morgan fingerprint density at radius 1 is 1.30 bits per heavy atom. The fraction of sp³-hybridized carbons (Fsp3) is 0.438. The molecule has 1 fully saturated rings. The maximum Gasteiger partial charge on any atom is 0.129 e. The summed E-state index contributed by atoms with van der Waals surface area (Å²) in [4.78, 5) is 0. The zero-order valence-electron chi connectivity index (χ0n) is 12.1. The minimum Gasteiger partial charge on any atom is -0.383 e. The van der Waals surface area contributed by atoms with Gasteiger partial charge in [0.05, 0.1) is 5.69 Å². The summed E-state index contributed by atoms with van der Waals surface area (Å²) in [5.41, 5.74) is 10.9. The van der Waals surface area contributed by atoms with E-state index in [0.717, 1.165) is 48.7 Å². The zero-order valence-corrected chi connectivity index (χ0v) is 12.1. The summed E-state index contributed by atoms with van der Waals surface area (Å²) < 4.78 is 7.25. The predicted molar refractivity (Wildman–Crippen MR) is 80.6 cm³/mol. The van der Waals surface area contributed by atoms with Crippen molar-refractivity contribution in [1.82, 2.24) is 9.78 Å². The van der Waals surface area contributed by atoms with Crippen molar-refractivity contribution < 1.29 is 4.74 Å². The molecule has 0 atom stereocenters. The van der Waals surface area contributed by atoms with Gasteiger partial charge in [-0.3, -0.25) is 4.68 Å². The fourth-order valence-corrected chi connectivity index (χ4v) is 2.91. The van der Waals surface area contributed by atoms with Gasteiger partial charge in [0, 0.05) is 31.7 Å². The van der Waals surface area contributed by atoms with Crippen LogP contribution in [0.4, 0.5) is 5.82 Å². The lowest BCUT2D eigenvalue weighted by atomic mass is 9.91. The molecule has 106 valence electrons. The van der Waals surface area contributed by atoms with E-state index in [-0.39, 0.29) is 0 Å². The van der Waals surface area contributed by atoms with Crippen molar-refractivity contribution in [2.75, 3.05) is 18.9 Å². The van der Waals surface area contributed by atoms with Gasteiger partial charge in [-0.1, -0.05) is 29.8 Å². The van der Waals surface area contributed by atoms with Crippen molar-refractivity contribution in [1.29, 1.82) is 0 Å². The molecule has 4 heteroatoms. The molecule has 1 aliphatic heterocycles. The third-order valence-electron chi connectivity index (χ3n) is 4.03. The van der Waals surface area contributed by atoms with E-state index in [1.165, 1.54) is 5.56 Å². The van der Waals surface area contributed by atoms with Crippen molar-refractivity contribution in [3.63, 3.8) is 0 Å². The van der Waals surface area contributed by atoms with Crippen LogP contribution in [-0.4, -0.2) is 23.0 Å². The van der Waals surface area contributed by atoms with Crippen LogP contribution in [-0.2, 0) is 11.8 Å². The van der Waals surface area contributed by atoms with E-state index in [2.05, 4.69) is 36.3 Å². The molecular formula is C16H21N3O. The summed E-state index contributed by atoms with van der Waals surface area (Å²) in [6.07, 6.45) is 2.05. The molecule has 0 radical (unpaired) electrons. The first-order valence-electron chi connectivity index (χ1n) is 7.14. The molecule has 1 aliphatic rings. The van der Waals surface area contributed by atoms with Gasteiger partial charge in [0.25, 0.3) is 0 Å². The number of hydrogen-bond acceptors (Lipinski definition) is 3. The third-order valence-corrected chi connectivity index (χ3v) is 4.03. The van der Waals surface area contributed by atoms with Crippen molar-refractivity contribution in [3.05, 3.63) is 35.5 Å². The minimum atomic E-state index is 0.447. The molecule has 0 unspecified atom stereocenters. The highest BCUT2D eigenvalue weighted by molar-refractivity contribution is 5.77. The smallest absolute Gasteiger partial charge is 0.129 e. The fourth-order valence-electron chi connectivity index (χ4n) is 2.91. The Balaban J connectivity index is 2.09. The average Bonchev–Trinajstić information content (AvgIpc) is 2.76. The maximum atomic E-state index is 6.26. The second-order valence-corrected chi connectivity index (χ2v) is 5.53. The molecule has 2 heterocycles. The lowest BCUT2D eigenvalue weighted by Crippen LogP contribution is -2.15. The first-order chi connectivity index (χ1) is 9.66. The standard InChI is InChI=1S/C16H21N3O/c1-11-4-3-5-13(10-11)14-15(18-19(2)16(14)17)12-6-8-20-9-7-12/h3-5,10,12H,6-9,17H2,1-2H3. The van der Waals surface area contributed by atoms with Crippen LogP contribution in [0.5, 0.6) is 0 Å². The largest absolute Gasteiger partial charge is 0.383 e. The summed E-state index contributed by atoms with van der Waals surface area (Å²) in [6, 6.07) is 8.47. The van der Waals surface area contributed by atoms with Crippen LogP contribution in [0.2, 0.25) is 0 Å². The Morgan fingerprint density at radius 3 is 2.75 bits per heavy atom. The van der Waals surface area contributed by atoms with Crippen LogP contribution in [0, 0.1) is 6.92 Å².